The largest absolute Gasteiger partial charge is 0.481 e. The maximum atomic E-state index is 12.6. The van der Waals surface area contributed by atoms with Gasteiger partial charge >= 0.3 is 11.9 Å². The number of rotatable bonds is 4. The molecule has 0 aromatic rings. The van der Waals surface area contributed by atoms with Gasteiger partial charge in [-0.25, -0.2) is 0 Å². The number of carboxylic acid groups (broad SMARTS) is 2. The van der Waals surface area contributed by atoms with Gasteiger partial charge in [-0.3, -0.25) is 14.4 Å². The lowest BCUT2D eigenvalue weighted by Crippen LogP contribution is -2.52. The molecule has 2 N–H and O–H groups in total. The zero-order valence-corrected chi connectivity index (χ0v) is 14.6. The van der Waals surface area contributed by atoms with E-state index in [1.165, 1.54) is 0 Å². The van der Waals surface area contributed by atoms with Crippen molar-refractivity contribution in [2.45, 2.75) is 65.2 Å². The van der Waals surface area contributed by atoms with E-state index in [0.717, 1.165) is 32.1 Å². The minimum absolute atomic E-state index is 0.0329. The molecule has 0 aromatic heterocycles. The van der Waals surface area contributed by atoms with Crippen LogP contribution in [-0.4, -0.2) is 27.9 Å². The molecule has 0 bridgehead atoms. The average Bonchev–Trinajstić information content (AvgIpc) is 2.86. The molecule has 6 atom stereocenters. The second-order valence-electron chi connectivity index (χ2n) is 8.66. The van der Waals surface area contributed by atoms with Gasteiger partial charge in [0.25, 0.3) is 0 Å². The van der Waals surface area contributed by atoms with Gasteiger partial charge in [-0.2, -0.15) is 0 Å². The second-order valence-corrected chi connectivity index (χ2v) is 8.66. The average molecular weight is 336 g/mol. The molecular weight excluding hydrogens is 308 g/mol. The van der Waals surface area contributed by atoms with E-state index < -0.39 is 17.4 Å². The number of hydrogen-bond donors (Lipinski definition) is 2. The summed E-state index contributed by atoms with van der Waals surface area (Å²) in [4.78, 5) is 35.3. The fourth-order valence-corrected chi connectivity index (χ4v) is 6.37. The Morgan fingerprint density at radius 2 is 1.79 bits per heavy atom. The third kappa shape index (κ3) is 2.47. The van der Waals surface area contributed by atoms with Crippen molar-refractivity contribution in [1.29, 1.82) is 0 Å². The summed E-state index contributed by atoms with van der Waals surface area (Å²) < 4.78 is 0. The molecule has 5 nitrogen and oxygen atoms in total. The van der Waals surface area contributed by atoms with E-state index in [1.807, 2.05) is 6.92 Å². The molecule has 3 aliphatic carbocycles. The number of Topliss-reactive ketones (excluding diaryl/α,β-unsaturated/α-hetero) is 1. The molecule has 3 saturated carbocycles. The zero-order valence-electron chi connectivity index (χ0n) is 14.6. The fraction of sp³-hybridized carbons (Fsp3) is 0.842. The van der Waals surface area contributed by atoms with Crippen molar-refractivity contribution in [2.75, 3.05) is 0 Å². The third-order valence-corrected chi connectivity index (χ3v) is 7.75. The maximum Gasteiger partial charge on any atom is 0.307 e. The second kappa shape index (κ2) is 5.85. The molecule has 0 aliphatic heterocycles. The van der Waals surface area contributed by atoms with Gasteiger partial charge in [-0.1, -0.05) is 13.8 Å². The summed E-state index contributed by atoms with van der Waals surface area (Å²) in [6.07, 6.45) is 5.16. The van der Waals surface area contributed by atoms with Crippen LogP contribution in [0.3, 0.4) is 0 Å². The summed E-state index contributed by atoms with van der Waals surface area (Å²) in [6, 6.07) is 0. The molecule has 0 amide bonds. The number of carboxylic acids is 2. The molecule has 134 valence electrons. The Morgan fingerprint density at radius 1 is 1.08 bits per heavy atom. The van der Waals surface area contributed by atoms with Gasteiger partial charge in [-0.15, -0.1) is 0 Å². The number of fused-ring (bicyclic) bond motifs is 3. The molecule has 24 heavy (non-hydrogen) atoms. The van der Waals surface area contributed by atoms with Gasteiger partial charge in [0.15, 0.2) is 0 Å². The van der Waals surface area contributed by atoms with Crippen molar-refractivity contribution < 1.29 is 24.6 Å². The number of carbonyl (C=O) groups excluding carboxylic acids is 1. The van der Waals surface area contributed by atoms with Crippen LogP contribution in [-0.2, 0) is 14.4 Å². The summed E-state index contributed by atoms with van der Waals surface area (Å²) in [5, 5.41) is 18.6. The maximum absolute atomic E-state index is 12.6. The highest BCUT2D eigenvalue weighted by atomic mass is 16.4. The predicted octanol–water partition coefficient (Wildman–Crippen LogP) is 3.36. The highest BCUT2D eigenvalue weighted by Gasteiger charge is 2.60. The molecular formula is C19H28O5. The van der Waals surface area contributed by atoms with E-state index in [4.69, 9.17) is 5.11 Å². The Balaban J connectivity index is 1.87. The highest BCUT2D eigenvalue weighted by Crippen LogP contribution is 2.64. The van der Waals surface area contributed by atoms with Crippen LogP contribution in [0.5, 0.6) is 0 Å². The van der Waals surface area contributed by atoms with Gasteiger partial charge in [0.05, 0.1) is 5.92 Å². The fourth-order valence-electron chi connectivity index (χ4n) is 6.37. The van der Waals surface area contributed by atoms with Gasteiger partial charge < -0.3 is 10.2 Å². The summed E-state index contributed by atoms with van der Waals surface area (Å²) in [5.41, 5.74) is -0.717. The van der Waals surface area contributed by atoms with Crippen LogP contribution in [0.25, 0.3) is 0 Å². The molecule has 5 heteroatoms. The van der Waals surface area contributed by atoms with Gasteiger partial charge in [0, 0.05) is 18.3 Å². The molecule has 0 saturated heterocycles. The van der Waals surface area contributed by atoms with Crippen LogP contribution in [0.4, 0.5) is 0 Å². The van der Waals surface area contributed by atoms with Crippen LogP contribution in [0.1, 0.15) is 65.2 Å². The molecule has 3 fully saturated rings. The van der Waals surface area contributed by atoms with Crippen molar-refractivity contribution in [1.82, 2.24) is 0 Å². The predicted molar refractivity (Wildman–Crippen MR) is 87.4 cm³/mol. The molecule has 0 heterocycles. The number of ketones is 1. The van der Waals surface area contributed by atoms with E-state index in [0.29, 0.717) is 24.7 Å². The first kappa shape index (κ1) is 17.4. The van der Waals surface area contributed by atoms with Gasteiger partial charge in [0.1, 0.15) is 5.78 Å². The number of carbonyl (C=O) groups is 3. The van der Waals surface area contributed by atoms with E-state index in [2.05, 4.69) is 6.92 Å². The molecule has 3 rings (SSSR count). The van der Waals surface area contributed by atoms with Crippen molar-refractivity contribution >= 4 is 17.7 Å². The van der Waals surface area contributed by atoms with E-state index >= 15 is 0 Å². The quantitative estimate of drug-likeness (QED) is 0.821. The van der Waals surface area contributed by atoms with Crippen molar-refractivity contribution in [3.63, 3.8) is 0 Å². The Labute approximate surface area is 142 Å². The minimum atomic E-state index is -0.849. The number of hydrogen-bond acceptors (Lipinski definition) is 3. The molecule has 3 aliphatic rings. The first-order valence-corrected chi connectivity index (χ1v) is 9.18. The first-order valence-electron chi connectivity index (χ1n) is 9.18. The SMILES string of the molecule is C[C@]1(CCC(=O)O)C(=O)CCC2C1CC[C@@]1(C)C2CC[C@@H]1C(=O)O. The van der Waals surface area contributed by atoms with Crippen LogP contribution >= 0.6 is 0 Å². The number of aliphatic carboxylic acids is 2. The molecule has 0 spiro atoms. The van der Waals surface area contributed by atoms with E-state index in [-0.39, 0.29) is 29.5 Å². The topological polar surface area (TPSA) is 91.7 Å². The van der Waals surface area contributed by atoms with E-state index in [1.54, 1.807) is 0 Å². The summed E-state index contributed by atoms with van der Waals surface area (Å²) in [7, 11) is 0. The minimum Gasteiger partial charge on any atom is -0.481 e. The van der Waals surface area contributed by atoms with E-state index in [9.17, 15) is 19.5 Å². The Morgan fingerprint density at radius 3 is 2.42 bits per heavy atom. The van der Waals surface area contributed by atoms with Crippen LogP contribution < -0.4 is 0 Å². The highest BCUT2D eigenvalue weighted by molar-refractivity contribution is 5.86. The molecule has 0 radical (unpaired) electrons. The monoisotopic (exact) mass is 336 g/mol. The Bertz CT molecular complexity index is 570. The lowest BCUT2D eigenvalue weighted by atomic mass is 9.48. The van der Waals surface area contributed by atoms with Crippen LogP contribution in [0.2, 0.25) is 0 Å². The van der Waals surface area contributed by atoms with Crippen molar-refractivity contribution in [2.24, 2.45) is 34.5 Å². The lowest BCUT2D eigenvalue weighted by Gasteiger charge is -2.55. The summed E-state index contributed by atoms with van der Waals surface area (Å²) in [5.74, 6) is -0.659. The first-order chi connectivity index (χ1) is 11.2. The Hall–Kier alpha value is -1.39. The molecule has 3 unspecified atom stereocenters. The lowest BCUT2D eigenvalue weighted by molar-refractivity contribution is -0.155. The zero-order chi connectivity index (χ0) is 17.7. The summed E-state index contributed by atoms with van der Waals surface area (Å²) in [6.45, 7) is 4.09. The standard InChI is InChI=1S/C19H28O5/c1-18-9-7-13-11(12(18)4-5-14(18)17(23)24)3-6-15(20)19(13,2)10-8-16(21)22/h11-14H,3-10H2,1-2H3,(H,21,22)(H,23,24)/t11?,12?,13?,14-,18+,19-/m1/s1. The van der Waals surface area contributed by atoms with Crippen molar-refractivity contribution in [3.05, 3.63) is 0 Å². The smallest absolute Gasteiger partial charge is 0.307 e. The third-order valence-electron chi connectivity index (χ3n) is 7.75. The Kier molecular flexibility index (Phi) is 4.25. The van der Waals surface area contributed by atoms with Crippen LogP contribution in [0, 0.1) is 34.5 Å². The normalized spacial score (nSPS) is 44.7. The van der Waals surface area contributed by atoms with Crippen molar-refractivity contribution in [3.8, 4) is 0 Å². The van der Waals surface area contributed by atoms with Gasteiger partial charge in [0.2, 0.25) is 0 Å². The molecule has 0 aromatic carbocycles. The summed E-state index contributed by atoms with van der Waals surface area (Å²) >= 11 is 0. The van der Waals surface area contributed by atoms with Crippen LogP contribution in [0.15, 0.2) is 0 Å². The van der Waals surface area contributed by atoms with Gasteiger partial charge in [-0.05, 0) is 61.7 Å².